The van der Waals surface area contributed by atoms with Gasteiger partial charge in [0.2, 0.25) is 5.95 Å². The van der Waals surface area contributed by atoms with Crippen molar-refractivity contribution in [3.05, 3.63) is 12.4 Å². The Labute approximate surface area is 172 Å². The molecule has 0 aliphatic carbocycles. The molecule has 1 aromatic rings. The quantitative estimate of drug-likeness (QED) is 0.556. The Kier molecular flexibility index (Phi) is 6.47. The summed E-state index contributed by atoms with van der Waals surface area (Å²) in [5.74, 6) is 0.314. The summed E-state index contributed by atoms with van der Waals surface area (Å²) in [6, 6.07) is 0. The van der Waals surface area contributed by atoms with Gasteiger partial charge in [-0.05, 0) is 46.5 Å². The number of rotatable bonds is 6. The van der Waals surface area contributed by atoms with Gasteiger partial charge in [0, 0.05) is 37.5 Å². The highest BCUT2D eigenvalue weighted by atomic mass is 16.7. The number of aliphatic hydroxyl groups excluding tert-OH is 2. The number of anilines is 1. The zero-order valence-electron chi connectivity index (χ0n) is 17.6. The van der Waals surface area contributed by atoms with Gasteiger partial charge in [-0.2, -0.15) is 0 Å². The standard InChI is InChI=1S/C19H31BN4O5/c1-18(2)19(3,4)29-20(28-18)14-9-22-17(23-10-14)21-8-13-6-5-7-24(11-13)16(27)15(26)12-25/h9-10,13,15,25-26H,5-8,11-12H2,1-4H3,(H,21,22,23)/t13-,15-/m1/s1. The van der Waals surface area contributed by atoms with Gasteiger partial charge in [0.15, 0.2) is 6.10 Å². The van der Waals surface area contributed by atoms with Gasteiger partial charge >= 0.3 is 7.12 Å². The molecule has 0 saturated carbocycles. The second kappa shape index (κ2) is 8.55. The number of hydrogen-bond donors (Lipinski definition) is 3. The number of nitrogens with one attached hydrogen (secondary N) is 1. The van der Waals surface area contributed by atoms with Crippen LogP contribution in [0, 0.1) is 5.92 Å². The molecule has 2 aliphatic rings. The van der Waals surface area contributed by atoms with Crippen molar-refractivity contribution in [2.24, 2.45) is 5.92 Å². The van der Waals surface area contributed by atoms with Crippen LogP contribution in [0.25, 0.3) is 0 Å². The van der Waals surface area contributed by atoms with Gasteiger partial charge in [-0.1, -0.05) is 0 Å². The Hall–Kier alpha value is -1.75. The molecule has 160 valence electrons. The van der Waals surface area contributed by atoms with E-state index in [9.17, 15) is 9.90 Å². The van der Waals surface area contributed by atoms with Gasteiger partial charge in [-0.3, -0.25) is 4.79 Å². The summed E-state index contributed by atoms with van der Waals surface area (Å²) in [5, 5.41) is 21.7. The van der Waals surface area contributed by atoms with E-state index in [-0.39, 0.29) is 5.92 Å². The van der Waals surface area contributed by atoms with E-state index in [1.807, 2.05) is 27.7 Å². The van der Waals surface area contributed by atoms with E-state index < -0.39 is 36.9 Å². The monoisotopic (exact) mass is 406 g/mol. The molecular weight excluding hydrogens is 375 g/mol. The first-order valence-corrected chi connectivity index (χ1v) is 10.1. The molecule has 3 heterocycles. The average Bonchev–Trinajstić information content (AvgIpc) is 2.93. The molecule has 2 fully saturated rings. The maximum absolute atomic E-state index is 12.1. The molecule has 2 atom stereocenters. The molecule has 3 N–H and O–H groups in total. The van der Waals surface area contributed by atoms with E-state index in [4.69, 9.17) is 14.4 Å². The summed E-state index contributed by atoms with van der Waals surface area (Å²) in [5.41, 5.74) is -0.0630. The highest BCUT2D eigenvalue weighted by Gasteiger charge is 2.51. The zero-order chi connectivity index (χ0) is 21.2. The molecule has 3 rings (SSSR count). The van der Waals surface area contributed by atoms with E-state index >= 15 is 0 Å². The van der Waals surface area contributed by atoms with Gasteiger partial charge in [-0.25, -0.2) is 9.97 Å². The van der Waals surface area contributed by atoms with Crippen molar-refractivity contribution in [3.63, 3.8) is 0 Å². The fourth-order valence-electron chi connectivity index (χ4n) is 3.49. The maximum Gasteiger partial charge on any atom is 0.498 e. The lowest BCUT2D eigenvalue weighted by molar-refractivity contribution is -0.143. The minimum Gasteiger partial charge on any atom is -0.399 e. The van der Waals surface area contributed by atoms with Gasteiger partial charge in [0.25, 0.3) is 5.91 Å². The van der Waals surface area contributed by atoms with Crippen LogP contribution in [0.4, 0.5) is 5.95 Å². The number of likely N-dealkylation sites (tertiary alicyclic amines) is 1. The SMILES string of the molecule is CC1(C)OB(c2cnc(NC[C@H]3CCCN(C(=O)[C@H](O)CO)C3)nc2)OC1(C)C. The van der Waals surface area contributed by atoms with Crippen LogP contribution in [0.1, 0.15) is 40.5 Å². The molecule has 2 saturated heterocycles. The van der Waals surface area contributed by atoms with Gasteiger partial charge in [0.1, 0.15) is 0 Å². The maximum atomic E-state index is 12.1. The van der Waals surface area contributed by atoms with Crippen molar-refractivity contribution in [3.8, 4) is 0 Å². The second-order valence-corrected chi connectivity index (χ2v) is 8.80. The molecular formula is C19H31BN4O5. The number of hydrogen-bond acceptors (Lipinski definition) is 8. The van der Waals surface area contributed by atoms with Crippen LogP contribution in [-0.2, 0) is 14.1 Å². The number of nitrogens with zero attached hydrogens (tertiary/aromatic N) is 3. The molecule has 0 bridgehead atoms. The summed E-state index contributed by atoms with van der Waals surface area (Å²) in [7, 11) is -0.495. The number of carbonyl (C=O) groups is 1. The molecule has 9 nitrogen and oxygen atoms in total. The molecule has 29 heavy (non-hydrogen) atoms. The Morgan fingerprint density at radius 2 is 1.93 bits per heavy atom. The number of aliphatic hydroxyl groups is 2. The van der Waals surface area contributed by atoms with Crippen LogP contribution in [0.3, 0.4) is 0 Å². The number of piperidine rings is 1. The topological polar surface area (TPSA) is 117 Å². The lowest BCUT2D eigenvalue weighted by atomic mass is 9.81. The first kappa shape index (κ1) is 22.0. The fraction of sp³-hybridized carbons (Fsp3) is 0.737. The number of aromatic nitrogens is 2. The van der Waals surface area contributed by atoms with Crippen LogP contribution >= 0.6 is 0 Å². The lowest BCUT2D eigenvalue weighted by Gasteiger charge is -2.33. The van der Waals surface area contributed by atoms with Gasteiger partial charge < -0.3 is 29.7 Å². The molecule has 1 aromatic heterocycles. The predicted molar refractivity (Wildman–Crippen MR) is 109 cm³/mol. The Morgan fingerprint density at radius 1 is 1.31 bits per heavy atom. The molecule has 0 spiro atoms. The smallest absolute Gasteiger partial charge is 0.399 e. The van der Waals surface area contributed by atoms with Crippen LogP contribution < -0.4 is 10.8 Å². The summed E-state index contributed by atoms with van der Waals surface area (Å²) < 4.78 is 12.0. The Morgan fingerprint density at radius 3 is 2.52 bits per heavy atom. The van der Waals surface area contributed by atoms with Crippen molar-refractivity contribution in [1.82, 2.24) is 14.9 Å². The number of amides is 1. The second-order valence-electron chi connectivity index (χ2n) is 8.80. The lowest BCUT2D eigenvalue weighted by Crippen LogP contribution is -2.47. The Bertz CT molecular complexity index is 699. The first-order chi connectivity index (χ1) is 13.6. The van der Waals surface area contributed by atoms with E-state index in [0.717, 1.165) is 18.3 Å². The van der Waals surface area contributed by atoms with Gasteiger partial charge in [0.05, 0.1) is 17.8 Å². The Balaban J connectivity index is 1.52. The summed E-state index contributed by atoms with van der Waals surface area (Å²) in [6.07, 6.45) is 3.89. The summed E-state index contributed by atoms with van der Waals surface area (Å²) >= 11 is 0. The minimum atomic E-state index is -1.34. The highest BCUT2D eigenvalue weighted by molar-refractivity contribution is 6.61. The zero-order valence-corrected chi connectivity index (χ0v) is 17.6. The molecule has 2 aliphatic heterocycles. The van der Waals surface area contributed by atoms with E-state index in [0.29, 0.717) is 25.6 Å². The highest BCUT2D eigenvalue weighted by Crippen LogP contribution is 2.36. The van der Waals surface area contributed by atoms with Crippen LogP contribution in [0.15, 0.2) is 12.4 Å². The molecule has 1 amide bonds. The first-order valence-electron chi connectivity index (χ1n) is 10.1. The van der Waals surface area contributed by atoms with E-state index in [1.165, 1.54) is 0 Å². The third-order valence-electron chi connectivity index (χ3n) is 6.03. The van der Waals surface area contributed by atoms with Crippen LogP contribution in [0.5, 0.6) is 0 Å². The van der Waals surface area contributed by atoms with Crippen molar-refractivity contribution in [1.29, 1.82) is 0 Å². The van der Waals surface area contributed by atoms with E-state index in [1.54, 1.807) is 17.3 Å². The predicted octanol–water partition coefficient (Wildman–Crippen LogP) is -0.220. The molecule has 0 unspecified atom stereocenters. The summed E-state index contributed by atoms with van der Waals surface area (Å²) in [4.78, 5) is 22.4. The van der Waals surface area contributed by atoms with Crippen LogP contribution in [-0.4, -0.2) is 81.7 Å². The van der Waals surface area contributed by atoms with Crippen molar-refractivity contribution < 1.29 is 24.3 Å². The van der Waals surface area contributed by atoms with E-state index in [2.05, 4.69) is 15.3 Å². The molecule has 0 aromatic carbocycles. The largest absolute Gasteiger partial charge is 0.498 e. The van der Waals surface area contributed by atoms with Crippen molar-refractivity contribution in [2.45, 2.75) is 57.8 Å². The summed E-state index contributed by atoms with van der Waals surface area (Å²) in [6.45, 7) is 9.21. The van der Waals surface area contributed by atoms with Gasteiger partial charge in [-0.15, -0.1) is 0 Å². The third kappa shape index (κ3) is 4.88. The van der Waals surface area contributed by atoms with Crippen molar-refractivity contribution >= 4 is 24.4 Å². The fourth-order valence-corrected chi connectivity index (χ4v) is 3.49. The average molecular weight is 406 g/mol. The molecule has 10 heteroatoms. The van der Waals surface area contributed by atoms with Crippen LogP contribution in [0.2, 0.25) is 0 Å². The molecule has 0 radical (unpaired) electrons. The number of carbonyl (C=O) groups excluding carboxylic acids is 1. The minimum absolute atomic E-state index is 0.227. The third-order valence-corrected chi connectivity index (χ3v) is 6.03. The van der Waals surface area contributed by atoms with Crippen molar-refractivity contribution in [2.75, 3.05) is 31.6 Å². The normalized spacial score (nSPS) is 24.4.